The van der Waals surface area contributed by atoms with Gasteiger partial charge in [-0.15, -0.1) is 0 Å². The molecule has 1 amide bonds. The van der Waals surface area contributed by atoms with Gasteiger partial charge in [-0.3, -0.25) is 9.69 Å². The average Bonchev–Trinajstić information content (AvgIpc) is 2.65. The molecule has 3 rings (SSSR count). The van der Waals surface area contributed by atoms with E-state index in [0.717, 1.165) is 5.56 Å². The number of benzene rings is 2. The number of rotatable bonds is 5. The second-order valence-electron chi connectivity index (χ2n) is 6.67. The van der Waals surface area contributed by atoms with E-state index in [1.54, 1.807) is 30.3 Å². The molecule has 0 spiro atoms. The van der Waals surface area contributed by atoms with Crippen LogP contribution < -0.4 is 5.32 Å². The van der Waals surface area contributed by atoms with E-state index in [-0.39, 0.29) is 23.0 Å². The number of halogens is 2. The molecule has 6 nitrogen and oxygen atoms in total. The van der Waals surface area contributed by atoms with Crippen LogP contribution in [0.1, 0.15) is 5.56 Å². The summed E-state index contributed by atoms with van der Waals surface area (Å²) in [5.41, 5.74) is 1.12. The smallest absolute Gasteiger partial charge is 0.243 e. The number of sulfonamides is 1. The lowest BCUT2D eigenvalue weighted by Crippen LogP contribution is -2.50. The molecule has 0 bridgehead atoms. The van der Waals surface area contributed by atoms with E-state index >= 15 is 0 Å². The summed E-state index contributed by atoms with van der Waals surface area (Å²) in [5.74, 6) is -0.854. The molecule has 0 atom stereocenters. The van der Waals surface area contributed by atoms with E-state index in [1.165, 1.54) is 16.4 Å². The van der Waals surface area contributed by atoms with Gasteiger partial charge < -0.3 is 5.32 Å². The molecular formula is C19H21BrFN3O3S. The van der Waals surface area contributed by atoms with E-state index in [9.17, 15) is 17.6 Å². The summed E-state index contributed by atoms with van der Waals surface area (Å²) in [5, 5.41) is 2.55. The number of amides is 1. The summed E-state index contributed by atoms with van der Waals surface area (Å²) >= 11 is 3.17. The number of hydrogen-bond acceptors (Lipinski definition) is 4. The number of carbonyl (C=O) groups excluding carboxylic acids is 1. The fraction of sp³-hybridized carbons (Fsp3) is 0.316. The molecule has 1 aliphatic rings. The highest BCUT2D eigenvalue weighted by molar-refractivity contribution is 9.10. The van der Waals surface area contributed by atoms with Crippen LogP contribution in [0, 0.1) is 12.7 Å². The third-order valence-corrected chi connectivity index (χ3v) is 6.97. The molecule has 2 aromatic carbocycles. The van der Waals surface area contributed by atoms with Gasteiger partial charge in [0, 0.05) is 30.7 Å². The molecule has 1 aliphatic heterocycles. The van der Waals surface area contributed by atoms with Crippen LogP contribution in [-0.4, -0.2) is 56.3 Å². The summed E-state index contributed by atoms with van der Waals surface area (Å²) in [6.45, 7) is 3.45. The number of nitrogens with zero attached hydrogens (tertiary/aromatic N) is 2. The highest BCUT2D eigenvalue weighted by atomic mass is 79.9. The van der Waals surface area contributed by atoms with Gasteiger partial charge in [-0.1, -0.05) is 33.6 Å². The van der Waals surface area contributed by atoms with Gasteiger partial charge in [0.05, 0.1) is 17.1 Å². The molecule has 9 heteroatoms. The SMILES string of the molecule is Cc1ccc(S(=O)(=O)N2CCN(CC(=O)Nc3ccc(Br)cc3F)CC2)cc1. The second-order valence-corrected chi connectivity index (χ2v) is 9.52. The van der Waals surface area contributed by atoms with E-state index in [2.05, 4.69) is 21.2 Å². The lowest BCUT2D eigenvalue weighted by Gasteiger charge is -2.33. The van der Waals surface area contributed by atoms with Crippen molar-refractivity contribution in [3.63, 3.8) is 0 Å². The van der Waals surface area contributed by atoms with Crippen LogP contribution in [0.4, 0.5) is 10.1 Å². The Kier molecular flexibility index (Phi) is 6.49. The standard InChI is InChI=1S/C19H21BrFN3O3S/c1-14-2-5-16(6-3-14)28(26,27)24-10-8-23(9-11-24)13-19(25)22-18-7-4-15(20)12-17(18)21/h2-7,12H,8-11,13H2,1H3,(H,22,25). The molecule has 28 heavy (non-hydrogen) atoms. The first kappa shape index (κ1) is 20.9. The number of anilines is 1. The van der Waals surface area contributed by atoms with Gasteiger partial charge in [-0.2, -0.15) is 4.31 Å². The van der Waals surface area contributed by atoms with Crippen LogP contribution in [0.5, 0.6) is 0 Å². The Morgan fingerprint density at radius 1 is 1.11 bits per heavy atom. The van der Waals surface area contributed by atoms with Gasteiger partial charge >= 0.3 is 0 Å². The zero-order valence-electron chi connectivity index (χ0n) is 15.4. The predicted octanol–water partition coefficient (Wildman–Crippen LogP) is 2.84. The highest BCUT2D eigenvalue weighted by Gasteiger charge is 2.29. The van der Waals surface area contributed by atoms with Crippen molar-refractivity contribution in [3.8, 4) is 0 Å². The summed E-state index contributed by atoms with van der Waals surface area (Å²) in [6.07, 6.45) is 0. The molecule has 1 fully saturated rings. The topological polar surface area (TPSA) is 69.7 Å². The number of nitrogens with one attached hydrogen (secondary N) is 1. The highest BCUT2D eigenvalue weighted by Crippen LogP contribution is 2.20. The van der Waals surface area contributed by atoms with E-state index in [0.29, 0.717) is 30.7 Å². The second kappa shape index (κ2) is 8.69. The van der Waals surface area contributed by atoms with Crippen molar-refractivity contribution in [2.45, 2.75) is 11.8 Å². The Morgan fingerprint density at radius 3 is 2.36 bits per heavy atom. The Labute approximate surface area is 172 Å². The Balaban J connectivity index is 1.55. The van der Waals surface area contributed by atoms with Gasteiger partial charge in [0.1, 0.15) is 5.82 Å². The molecule has 2 aromatic rings. The molecular weight excluding hydrogens is 449 g/mol. The molecule has 0 saturated carbocycles. The first-order valence-corrected chi connectivity index (χ1v) is 11.0. The first-order chi connectivity index (χ1) is 13.3. The summed E-state index contributed by atoms with van der Waals surface area (Å²) in [7, 11) is -3.54. The molecule has 150 valence electrons. The van der Waals surface area contributed by atoms with Crippen molar-refractivity contribution >= 4 is 37.5 Å². The number of piperazine rings is 1. The maximum absolute atomic E-state index is 13.8. The molecule has 0 unspecified atom stereocenters. The van der Waals surface area contributed by atoms with Crippen LogP contribution in [0.25, 0.3) is 0 Å². The Morgan fingerprint density at radius 2 is 1.75 bits per heavy atom. The van der Waals surface area contributed by atoms with Crippen molar-refractivity contribution in [1.82, 2.24) is 9.21 Å². The van der Waals surface area contributed by atoms with Crippen molar-refractivity contribution in [2.75, 3.05) is 38.0 Å². The molecule has 1 heterocycles. The molecule has 1 saturated heterocycles. The van der Waals surface area contributed by atoms with Gasteiger partial charge in [-0.05, 0) is 37.3 Å². The Hall–Kier alpha value is -1.81. The monoisotopic (exact) mass is 469 g/mol. The quantitative estimate of drug-likeness (QED) is 0.730. The fourth-order valence-corrected chi connectivity index (χ4v) is 4.73. The fourth-order valence-electron chi connectivity index (χ4n) is 2.97. The molecule has 0 aromatic heterocycles. The molecule has 0 aliphatic carbocycles. The van der Waals surface area contributed by atoms with Gasteiger partial charge in [0.25, 0.3) is 0 Å². The molecule has 1 N–H and O–H groups in total. The maximum atomic E-state index is 13.8. The zero-order chi connectivity index (χ0) is 20.3. The largest absolute Gasteiger partial charge is 0.322 e. The molecule has 0 radical (unpaired) electrons. The van der Waals surface area contributed by atoms with E-state index in [1.807, 2.05) is 11.8 Å². The van der Waals surface area contributed by atoms with Crippen LogP contribution in [0.2, 0.25) is 0 Å². The van der Waals surface area contributed by atoms with Crippen molar-refractivity contribution in [1.29, 1.82) is 0 Å². The van der Waals surface area contributed by atoms with Crippen molar-refractivity contribution in [2.24, 2.45) is 0 Å². The summed E-state index contributed by atoms with van der Waals surface area (Å²) < 4.78 is 41.3. The average molecular weight is 470 g/mol. The van der Waals surface area contributed by atoms with Crippen LogP contribution >= 0.6 is 15.9 Å². The summed E-state index contributed by atoms with van der Waals surface area (Å²) in [4.78, 5) is 14.3. The van der Waals surface area contributed by atoms with E-state index in [4.69, 9.17) is 0 Å². The minimum absolute atomic E-state index is 0.0773. The first-order valence-electron chi connectivity index (χ1n) is 8.80. The zero-order valence-corrected chi connectivity index (χ0v) is 17.8. The normalized spacial score (nSPS) is 16.1. The maximum Gasteiger partial charge on any atom is 0.243 e. The number of hydrogen-bond donors (Lipinski definition) is 1. The number of aryl methyl sites for hydroxylation is 1. The van der Waals surface area contributed by atoms with Gasteiger partial charge in [0.15, 0.2) is 0 Å². The minimum atomic E-state index is -3.54. The van der Waals surface area contributed by atoms with Crippen molar-refractivity contribution < 1.29 is 17.6 Å². The third-order valence-electron chi connectivity index (χ3n) is 4.56. The minimum Gasteiger partial charge on any atom is -0.322 e. The predicted molar refractivity (Wildman–Crippen MR) is 109 cm³/mol. The van der Waals surface area contributed by atoms with Gasteiger partial charge in [0.2, 0.25) is 15.9 Å². The van der Waals surface area contributed by atoms with Crippen molar-refractivity contribution in [3.05, 3.63) is 58.3 Å². The van der Waals surface area contributed by atoms with Crippen LogP contribution in [0.15, 0.2) is 51.8 Å². The van der Waals surface area contributed by atoms with Crippen LogP contribution in [0.3, 0.4) is 0 Å². The summed E-state index contributed by atoms with van der Waals surface area (Å²) in [6, 6.07) is 11.2. The number of carbonyl (C=O) groups is 1. The Bertz CT molecular complexity index is 959. The van der Waals surface area contributed by atoms with Crippen LogP contribution in [-0.2, 0) is 14.8 Å². The third kappa shape index (κ3) is 4.96. The van der Waals surface area contributed by atoms with E-state index < -0.39 is 15.8 Å². The lowest BCUT2D eigenvalue weighted by atomic mass is 10.2. The van der Waals surface area contributed by atoms with Gasteiger partial charge in [-0.25, -0.2) is 12.8 Å². The lowest BCUT2D eigenvalue weighted by molar-refractivity contribution is -0.117.